The van der Waals surface area contributed by atoms with Gasteiger partial charge in [0.2, 0.25) is 0 Å². The van der Waals surface area contributed by atoms with Crippen LogP contribution in [-0.2, 0) is 0 Å². The molecule has 4 nitrogen and oxygen atoms in total. The van der Waals surface area contributed by atoms with Crippen LogP contribution in [0.25, 0.3) is 0 Å². The number of aromatic carboxylic acids is 1. The van der Waals surface area contributed by atoms with Crippen molar-refractivity contribution in [3.8, 4) is 0 Å². The number of hydrogen-bond acceptors (Lipinski definition) is 3. The minimum absolute atomic E-state index is 0.0219. The van der Waals surface area contributed by atoms with E-state index in [9.17, 15) is 9.18 Å². The monoisotopic (exact) mass is 210 g/mol. The zero-order valence-electron chi connectivity index (χ0n) is 8.06. The van der Waals surface area contributed by atoms with Crippen LogP contribution in [0.15, 0.2) is 18.3 Å². The van der Waals surface area contributed by atoms with Crippen molar-refractivity contribution in [1.29, 1.82) is 0 Å². The molecule has 1 saturated heterocycles. The molecule has 15 heavy (non-hydrogen) atoms. The van der Waals surface area contributed by atoms with Crippen molar-refractivity contribution in [2.75, 3.05) is 24.7 Å². The van der Waals surface area contributed by atoms with Crippen molar-refractivity contribution in [1.82, 2.24) is 4.98 Å². The Hall–Kier alpha value is -1.65. The first-order valence-corrected chi connectivity index (χ1v) is 4.71. The fraction of sp³-hybridized carbons (Fsp3) is 0.400. The number of carbonyl (C=O) groups is 1. The largest absolute Gasteiger partial charge is 0.478 e. The first-order chi connectivity index (χ1) is 7.22. The molecule has 1 aromatic rings. The van der Waals surface area contributed by atoms with Crippen LogP contribution in [0.4, 0.5) is 10.2 Å². The molecular formula is C10H11FN2O2. The van der Waals surface area contributed by atoms with E-state index in [2.05, 4.69) is 4.98 Å². The van der Waals surface area contributed by atoms with Gasteiger partial charge in [-0.1, -0.05) is 0 Å². The number of carboxylic acids is 1. The lowest BCUT2D eigenvalue weighted by Gasteiger charge is -2.39. The van der Waals surface area contributed by atoms with Gasteiger partial charge < -0.3 is 10.0 Å². The Kier molecular flexibility index (Phi) is 2.53. The average Bonchev–Trinajstić information content (AvgIpc) is 2.16. The molecule has 5 heteroatoms. The number of carboxylic acid groups (broad SMARTS) is 1. The molecule has 1 aromatic heterocycles. The topological polar surface area (TPSA) is 53.4 Å². The first-order valence-electron chi connectivity index (χ1n) is 4.71. The fourth-order valence-electron chi connectivity index (χ4n) is 1.66. The van der Waals surface area contributed by atoms with Gasteiger partial charge in [0.1, 0.15) is 11.4 Å². The van der Waals surface area contributed by atoms with Gasteiger partial charge in [0.25, 0.3) is 0 Å². The van der Waals surface area contributed by atoms with Gasteiger partial charge in [-0.3, -0.25) is 4.39 Å². The Morgan fingerprint density at radius 1 is 1.67 bits per heavy atom. The molecule has 0 amide bonds. The van der Waals surface area contributed by atoms with E-state index in [1.807, 2.05) is 0 Å². The molecule has 0 aromatic carbocycles. The van der Waals surface area contributed by atoms with E-state index >= 15 is 0 Å². The predicted octanol–water partition coefficient (Wildman–Crippen LogP) is 1.19. The van der Waals surface area contributed by atoms with E-state index in [0.717, 1.165) is 0 Å². The van der Waals surface area contributed by atoms with Gasteiger partial charge in [-0.25, -0.2) is 9.78 Å². The van der Waals surface area contributed by atoms with Crippen LogP contribution in [0.2, 0.25) is 0 Å². The quantitative estimate of drug-likeness (QED) is 0.814. The van der Waals surface area contributed by atoms with Gasteiger partial charge >= 0.3 is 5.97 Å². The second kappa shape index (κ2) is 3.84. The highest BCUT2D eigenvalue weighted by atomic mass is 19.1. The lowest BCUT2D eigenvalue weighted by Crippen LogP contribution is -2.48. The van der Waals surface area contributed by atoms with E-state index in [1.165, 1.54) is 6.07 Å². The van der Waals surface area contributed by atoms with Crippen molar-refractivity contribution in [3.05, 3.63) is 23.9 Å². The van der Waals surface area contributed by atoms with Gasteiger partial charge in [-0.2, -0.15) is 0 Å². The molecule has 0 bridgehead atoms. The molecule has 80 valence electrons. The number of anilines is 1. The van der Waals surface area contributed by atoms with Gasteiger partial charge in [-0.15, -0.1) is 0 Å². The highest BCUT2D eigenvalue weighted by Crippen LogP contribution is 2.25. The summed E-state index contributed by atoms with van der Waals surface area (Å²) in [6.07, 6.45) is 1.55. The summed E-state index contributed by atoms with van der Waals surface area (Å²) in [5.41, 5.74) is 0.176. The molecule has 0 radical (unpaired) electrons. The second-order valence-electron chi connectivity index (χ2n) is 3.61. The number of halogens is 1. The minimum Gasteiger partial charge on any atom is -0.478 e. The number of hydrogen-bond donors (Lipinski definition) is 1. The summed E-state index contributed by atoms with van der Waals surface area (Å²) in [4.78, 5) is 16.7. The van der Waals surface area contributed by atoms with Crippen LogP contribution in [0.1, 0.15) is 10.4 Å². The van der Waals surface area contributed by atoms with Gasteiger partial charge in [-0.05, 0) is 12.1 Å². The molecule has 0 aliphatic carbocycles. The smallest absolute Gasteiger partial charge is 0.339 e. The summed E-state index contributed by atoms with van der Waals surface area (Å²) < 4.78 is 12.2. The Bertz CT molecular complexity index is 377. The molecule has 2 rings (SSSR count). The lowest BCUT2D eigenvalue weighted by atomic mass is 10.0. The standard InChI is InChI=1S/C10H11FN2O2/c11-4-7-5-13(6-7)9-8(10(14)15)2-1-3-12-9/h1-3,7H,4-6H2,(H,14,15). The number of rotatable bonds is 3. The maximum absolute atomic E-state index is 12.2. The van der Waals surface area contributed by atoms with Crippen LogP contribution in [0.5, 0.6) is 0 Å². The molecular weight excluding hydrogens is 199 g/mol. The molecule has 0 saturated carbocycles. The van der Waals surface area contributed by atoms with Crippen molar-refractivity contribution in [2.45, 2.75) is 0 Å². The van der Waals surface area contributed by atoms with Gasteiger partial charge in [0.05, 0.1) is 6.67 Å². The third-order valence-electron chi connectivity index (χ3n) is 2.49. The Morgan fingerprint density at radius 3 is 3.00 bits per heavy atom. The fourth-order valence-corrected chi connectivity index (χ4v) is 1.66. The lowest BCUT2D eigenvalue weighted by molar-refractivity contribution is 0.0696. The van der Waals surface area contributed by atoms with Crippen LogP contribution in [0.3, 0.4) is 0 Å². The van der Waals surface area contributed by atoms with E-state index in [4.69, 9.17) is 5.11 Å². The van der Waals surface area contributed by atoms with E-state index in [0.29, 0.717) is 18.9 Å². The van der Waals surface area contributed by atoms with Gasteiger partial charge in [0.15, 0.2) is 0 Å². The predicted molar refractivity (Wildman–Crippen MR) is 52.9 cm³/mol. The molecule has 0 unspecified atom stereocenters. The zero-order chi connectivity index (χ0) is 10.8. The summed E-state index contributed by atoms with van der Waals surface area (Å²) in [5.74, 6) is -0.537. The summed E-state index contributed by atoms with van der Waals surface area (Å²) >= 11 is 0. The summed E-state index contributed by atoms with van der Waals surface area (Å²) in [7, 11) is 0. The molecule has 0 atom stereocenters. The normalized spacial score (nSPS) is 16.2. The average molecular weight is 210 g/mol. The van der Waals surface area contributed by atoms with Crippen LogP contribution < -0.4 is 4.90 Å². The molecule has 1 N–H and O–H groups in total. The van der Waals surface area contributed by atoms with Crippen molar-refractivity contribution < 1.29 is 14.3 Å². The molecule has 1 aliphatic rings. The van der Waals surface area contributed by atoms with Crippen molar-refractivity contribution >= 4 is 11.8 Å². The summed E-state index contributed by atoms with van der Waals surface area (Å²) in [6.45, 7) is 0.743. The summed E-state index contributed by atoms with van der Waals surface area (Å²) in [5, 5.41) is 8.92. The number of aromatic nitrogens is 1. The number of pyridine rings is 1. The Balaban J connectivity index is 2.18. The minimum atomic E-state index is -0.998. The molecule has 1 fully saturated rings. The first kappa shape index (κ1) is 9.89. The van der Waals surface area contributed by atoms with Crippen molar-refractivity contribution in [3.63, 3.8) is 0 Å². The second-order valence-corrected chi connectivity index (χ2v) is 3.61. The van der Waals surface area contributed by atoms with Gasteiger partial charge in [0, 0.05) is 25.2 Å². The zero-order valence-corrected chi connectivity index (χ0v) is 8.06. The highest BCUT2D eigenvalue weighted by Gasteiger charge is 2.30. The maximum Gasteiger partial charge on any atom is 0.339 e. The molecule has 2 heterocycles. The number of nitrogens with zero attached hydrogens (tertiary/aromatic N) is 2. The van der Waals surface area contributed by atoms with E-state index in [-0.39, 0.29) is 18.2 Å². The van der Waals surface area contributed by atoms with E-state index in [1.54, 1.807) is 17.2 Å². The van der Waals surface area contributed by atoms with E-state index < -0.39 is 5.97 Å². The number of alkyl halides is 1. The third kappa shape index (κ3) is 1.77. The molecule has 1 aliphatic heterocycles. The van der Waals surface area contributed by atoms with Crippen LogP contribution in [0, 0.1) is 5.92 Å². The molecule has 0 spiro atoms. The summed E-state index contributed by atoms with van der Waals surface area (Å²) in [6, 6.07) is 3.09. The third-order valence-corrected chi connectivity index (χ3v) is 2.49. The Morgan fingerprint density at radius 2 is 2.40 bits per heavy atom. The maximum atomic E-state index is 12.2. The highest BCUT2D eigenvalue weighted by molar-refractivity contribution is 5.93. The SMILES string of the molecule is O=C(O)c1cccnc1N1CC(CF)C1. The van der Waals surface area contributed by atoms with Crippen LogP contribution >= 0.6 is 0 Å². The van der Waals surface area contributed by atoms with Crippen molar-refractivity contribution in [2.24, 2.45) is 5.92 Å². The van der Waals surface area contributed by atoms with Crippen LogP contribution in [-0.4, -0.2) is 35.8 Å². The Labute approximate surface area is 86.4 Å².